The Morgan fingerprint density at radius 1 is 1.69 bits per heavy atom. The lowest BCUT2D eigenvalue weighted by Crippen LogP contribution is -2.32. The number of hydrogen-bond donors (Lipinski definition) is 2. The zero-order valence-electron chi connectivity index (χ0n) is 6.75. The minimum absolute atomic E-state index is 0.300. The van der Waals surface area contributed by atoms with Crippen molar-refractivity contribution < 1.29 is 9.90 Å². The van der Waals surface area contributed by atoms with Gasteiger partial charge in [0, 0.05) is 18.1 Å². The molecule has 0 fully saturated rings. The Balaban J connectivity index is 2.39. The van der Waals surface area contributed by atoms with Crippen LogP contribution in [0.2, 0.25) is 0 Å². The van der Waals surface area contributed by atoms with Gasteiger partial charge in [-0.1, -0.05) is 0 Å². The first-order valence-corrected chi connectivity index (χ1v) is 4.56. The average Bonchev–Trinajstić information content (AvgIpc) is 2.15. The first-order valence-electron chi connectivity index (χ1n) is 3.57. The van der Waals surface area contributed by atoms with Crippen LogP contribution in [0.25, 0.3) is 0 Å². The van der Waals surface area contributed by atoms with Crippen molar-refractivity contribution in [1.82, 2.24) is 9.97 Å². The van der Waals surface area contributed by atoms with Gasteiger partial charge in [-0.15, -0.1) is 11.8 Å². The topological polar surface area (TPSA) is 89.1 Å². The first-order chi connectivity index (χ1) is 6.20. The highest BCUT2D eigenvalue weighted by Gasteiger charge is 2.11. The summed E-state index contributed by atoms with van der Waals surface area (Å²) < 4.78 is 0. The van der Waals surface area contributed by atoms with Gasteiger partial charge in [-0.25, -0.2) is 4.98 Å². The lowest BCUT2D eigenvalue weighted by atomic mass is 10.4. The molecule has 5 nitrogen and oxygen atoms in total. The average molecular weight is 199 g/mol. The number of nitrogens with zero attached hydrogens (tertiary/aromatic N) is 2. The fourth-order valence-corrected chi connectivity index (χ4v) is 1.37. The molecule has 1 aromatic rings. The quantitative estimate of drug-likeness (QED) is 0.662. The summed E-state index contributed by atoms with van der Waals surface area (Å²) in [4.78, 5) is 18.1. The molecule has 0 aliphatic heterocycles. The number of aromatic nitrogens is 2. The predicted octanol–water partition coefficient (Wildman–Crippen LogP) is -0.0194. The van der Waals surface area contributed by atoms with Crippen molar-refractivity contribution in [2.75, 3.05) is 5.75 Å². The summed E-state index contributed by atoms with van der Waals surface area (Å²) in [7, 11) is 0. The van der Waals surface area contributed by atoms with Crippen LogP contribution in [0.3, 0.4) is 0 Å². The predicted molar refractivity (Wildman–Crippen MR) is 48.4 cm³/mol. The molecule has 13 heavy (non-hydrogen) atoms. The maximum absolute atomic E-state index is 10.3. The molecule has 0 bridgehead atoms. The van der Waals surface area contributed by atoms with Crippen molar-refractivity contribution in [3.8, 4) is 0 Å². The third-order valence-corrected chi connectivity index (χ3v) is 2.30. The molecular weight excluding hydrogens is 190 g/mol. The minimum Gasteiger partial charge on any atom is -0.480 e. The maximum Gasteiger partial charge on any atom is 0.321 e. The van der Waals surface area contributed by atoms with E-state index in [1.165, 1.54) is 11.8 Å². The monoisotopic (exact) mass is 199 g/mol. The van der Waals surface area contributed by atoms with Crippen molar-refractivity contribution in [3.63, 3.8) is 0 Å². The van der Waals surface area contributed by atoms with Gasteiger partial charge in [0.1, 0.15) is 11.1 Å². The number of aliphatic carboxylic acids is 1. The molecule has 1 atom stereocenters. The Hall–Kier alpha value is -1.14. The highest BCUT2D eigenvalue weighted by molar-refractivity contribution is 7.99. The standard InChI is InChI=1S/C7H9N3O2S/c8-5(7(11)12)4-13-6-3-9-1-2-10-6/h1-3,5H,4,8H2,(H,11,12). The van der Waals surface area contributed by atoms with Gasteiger partial charge in [0.05, 0.1) is 6.20 Å². The van der Waals surface area contributed by atoms with Crippen LogP contribution in [0, 0.1) is 0 Å². The van der Waals surface area contributed by atoms with Gasteiger partial charge in [-0.05, 0) is 0 Å². The summed E-state index contributed by atoms with van der Waals surface area (Å²) in [6.07, 6.45) is 4.68. The fraction of sp³-hybridized carbons (Fsp3) is 0.286. The molecule has 1 aromatic heterocycles. The van der Waals surface area contributed by atoms with E-state index in [-0.39, 0.29) is 0 Å². The second kappa shape index (κ2) is 4.78. The summed E-state index contributed by atoms with van der Waals surface area (Å²) in [5.41, 5.74) is 5.30. The molecule has 0 aliphatic rings. The summed E-state index contributed by atoms with van der Waals surface area (Å²) >= 11 is 1.28. The molecule has 0 aromatic carbocycles. The lowest BCUT2D eigenvalue weighted by molar-refractivity contribution is -0.137. The molecule has 70 valence electrons. The third kappa shape index (κ3) is 3.39. The van der Waals surface area contributed by atoms with E-state index >= 15 is 0 Å². The molecule has 1 unspecified atom stereocenters. The minimum atomic E-state index is -1.00. The maximum atomic E-state index is 10.3. The van der Waals surface area contributed by atoms with Crippen molar-refractivity contribution in [2.24, 2.45) is 5.73 Å². The molecule has 0 aliphatic carbocycles. The van der Waals surface area contributed by atoms with Crippen LogP contribution < -0.4 is 5.73 Å². The second-order valence-corrected chi connectivity index (χ2v) is 3.34. The van der Waals surface area contributed by atoms with Gasteiger partial charge in [0.25, 0.3) is 0 Å². The molecule has 1 rings (SSSR count). The first kappa shape index (κ1) is 9.94. The van der Waals surface area contributed by atoms with Crippen LogP contribution in [0.15, 0.2) is 23.6 Å². The lowest BCUT2D eigenvalue weighted by Gasteiger charge is -2.03. The number of thioether (sulfide) groups is 1. The fourth-order valence-electron chi connectivity index (χ4n) is 0.606. The van der Waals surface area contributed by atoms with Gasteiger partial charge < -0.3 is 10.8 Å². The largest absolute Gasteiger partial charge is 0.480 e. The summed E-state index contributed by atoms with van der Waals surface area (Å²) in [5, 5.41) is 9.17. The van der Waals surface area contributed by atoms with Gasteiger partial charge in [0.2, 0.25) is 0 Å². The van der Waals surface area contributed by atoms with Crippen molar-refractivity contribution in [2.45, 2.75) is 11.1 Å². The molecule has 3 N–H and O–H groups in total. The van der Waals surface area contributed by atoms with E-state index in [1.54, 1.807) is 18.6 Å². The number of hydrogen-bond acceptors (Lipinski definition) is 5. The Bertz CT molecular complexity index is 280. The normalized spacial score (nSPS) is 12.4. The number of nitrogens with two attached hydrogens (primary N) is 1. The molecule has 0 radical (unpaired) electrons. The van der Waals surface area contributed by atoms with E-state index < -0.39 is 12.0 Å². The van der Waals surface area contributed by atoms with Crippen molar-refractivity contribution >= 4 is 17.7 Å². The van der Waals surface area contributed by atoms with Crippen LogP contribution in [-0.2, 0) is 4.79 Å². The summed E-state index contributed by atoms with van der Waals surface area (Å²) in [6, 6.07) is -0.855. The van der Waals surface area contributed by atoms with Gasteiger partial charge in [-0.2, -0.15) is 0 Å². The summed E-state index contributed by atoms with van der Waals surface area (Å²) in [6.45, 7) is 0. The van der Waals surface area contributed by atoms with Gasteiger partial charge >= 0.3 is 5.97 Å². The van der Waals surface area contributed by atoms with E-state index in [0.29, 0.717) is 10.8 Å². The number of carboxylic acid groups (broad SMARTS) is 1. The Morgan fingerprint density at radius 3 is 3.00 bits per heavy atom. The molecule has 1 heterocycles. The number of rotatable bonds is 4. The van der Waals surface area contributed by atoms with Crippen LogP contribution in [0.4, 0.5) is 0 Å². The van der Waals surface area contributed by atoms with Gasteiger partial charge in [-0.3, -0.25) is 9.78 Å². The molecule has 0 spiro atoms. The zero-order chi connectivity index (χ0) is 9.68. The second-order valence-electron chi connectivity index (χ2n) is 2.30. The number of carboxylic acids is 1. The van der Waals surface area contributed by atoms with Crippen LogP contribution in [-0.4, -0.2) is 32.8 Å². The highest BCUT2D eigenvalue weighted by atomic mass is 32.2. The van der Waals surface area contributed by atoms with E-state index in [9.17, 15) is 4.79 Å². The smallest absolute Gasteiger partial charge is 0.321 e. The zero-order valence-corrected chi connectivity index (χ0v) is 7.57. The van der Waals surface area contributed by atoms with E-state index in [1.807, 2.05) is 0 Å². The molecular formula is C7H9N3O2S. The van der Waals surface area contributed by atoms with Gasteiger partial charge in [0.15, 0.2) is 0 Å². The van der Waals surface area contributed by atoms with Crippen molar-refractivity contribution in [1.29, 1.82) is 0 Å². The van der Waals surface area contributed by atoms with E-state index in [2.05, 4.69) is 9.97 Å². The Kier molecular flexibility index (Phi) is 3.66. The van der Waals surface area contributed by atoms with Crippen LogP contribution in [0.1, 0.15) is 0 Å². The number of carbonyl (C=O) groups is 1. The highest BCUT2D eigenvalue weighted by Crippen LogP contribution is 2.13. The van der Waals surface area contributed by atoms with Crippen molar-refractivity contribution in [3.05, 3.63) is 18.6 Å². The Labute approximate surface area is 79.4 Å². The van der Waals surface area contributed by atoms with Crippen LogP contribution >= 0.6 is 11.8 Å². The summed E-state index contributed by atoms with van der Waals surface area (Å²) in [5.74, 6) is -0.704. The van der Waals surface area contributed by atoms with E-state index in [0.717, 1.165) is 0 Å². The molecule has 0 amide bonds. The third-order valence-electron chi connectivity index (χ3n) is 1.27. The SMILES string of the molecule is NC(CSc1cnccn1)C(=O)O. The Morgan fingerprint density at radius 2 is 2.46 bits per heavy atom. The molecule has 0 saturated carbocycles. The van der Waals surface area contributed by atoms with Crippen LogP contribution in [0.5, 0.6) is 0 Å². The molecule has 0 saturated heterocycles. The van der Waals surface area contributed by atoms with E-state index in [4.69, 9.17) is 10.8 Å². The molecule has 6 heteroatoms.